The predicted molar refractivity (Wildman–Crippen MR) is 87.1 cm³/mol. The van der Waals surface area contributed by atoms with Gasteiger partial charge in [0.15, 0.2) is 0 Å². The van der Waals surface area contributed by atoms with E-state index in [0.717, 1.165) is 16.3 Å². The van der Waals surface area contributed by atoms with Gasteiger partial charge in [-0.1, -0.05) is 42.1 Å². The number of furan rings is 1. The summed E-state index contributed by atoms with van der Waals surface area (Å²) in [5.41, 5.74) is 1.87. The van der Waals surface area contributed by atoms with Gasteiger partial charge < -0.3 is 9.15 Å². The predicted octanol–water partition coefficient (Wildman–Crippen LogP) is 3.82. The minimum absolute atomic E-state index is 0.202. The molecule has 0 atom stereocenters. The molecule has 0 aliphatic carbocycles. The van der Waals surface area contributed by atoms with Crippen molar-refractivity contribution in [3.8, 4) is 11.3 Å². The molecule has 23 heavy (non-hydrogen) atoms. The number of esters is 1. The lowest BCUT2D eigenvalue weighted by molar-refractivity contribution is 0.0563. The fourth-order valence-corrected chi connectivity index (χ4v) is 2.68. The van der Waals surface area contributed by atoms with Gasteiger partial charge in [0, 0.05) is 5.56 Å². The van der Waals surface area contributed by atoms with E-state index in [1.54, 1.807) is 12.1 Å². The average Bonchev–Trinajstić information content (AvgIpc) is 3.09. The second kappa shape index (κ2) is 7.11. The van der Waals surface area contributed by atoms with Gasteiger partial charge >= 0.3 is 5.97 Å². The van der Waals surface area contributed by atoms with Crippen LogP contribution in [0.3, 0.4) is 0 Å². The minimum atomic E-state index is -0.478. The summed E-state index contributed by atoms with van der Waals surface area (Å²) >= 11 is 1.49. The van der Waals surface area contributed by atoms with Crippen molar-refractivity contribution in [3.63, 3.8) is 0 Å². The van der Waals surface area contributed by atoms with Gasteiger partial charge in [0.25, 0.3) is 0 Å². The van der Waals surface area contributed by atoms with Crippen LogP contribution < -0.4 is 0 Å². The van der Waals surface area contributed by atoms with E-state index in [1.807, 2.05) is 42.5 Å². The summed E-state index contributed by atoms with van der Waals surface area (Å²) in [4.78, 5) is 11.3. The average molecular weight is 326 g/mol. The fraction of sp³-hybridized carbons (Fsp3) is 0.118. The molecule has 2 heterocycles. The van der Waals surface area contributed by atoms with Crippen LogP contribution in [0.2, 0.25) is 0 Å². The van der Waals surface area contributed by atoms with Crippen molar-refractivity contribution >= 4 is 17.7 Å². The zero-order valence-corrected chi connectivity index (χ0v) is 13.2. The van der Waals surface area contributed by atoms with Crippen molar-refractivity contribution in [1.29, 1.82) is 0 Å². The molecule has 3 aromatic rings. The molecule has 5 nitrogen and oxygen atoms in total. The normalized spacial score (nSPS) is 10.5. The van der Waals surface area contributed by atoms with E-state index in [1.165, 1.54) is 18.9 Å². The molecule has 3 rings (SSSR count). The molecule has 0 spiro atoms. The monoisotopic (exact) mass is 326 g/mol. The number of thioether (sulfide) groups is 1. The summed E-state index contributed by atoms with van der Waals surface area (Å²) < 4.78 is 10.0. The van der Waals surface area contributed by atoms with Crippen LogP contribution >= 0.6 is 11.8 Å². The number of ether oxygens (including phenoxy) is 1. The van der Waals surface area contributed by atoms with Crippen LogP contribution in [0, 0.1) is 0 Å². The lowest BCUT2D eigenvalue weighted by Gasteiger charge is -2.01. The van der Waals surface area contributed by atoms with Crippen LogP contribution in [0.5, 0.6) is 0 Å². The van der Waals surface area contributed by atoms with Crippen molar-refractivity contribution in [2.75, 3.05) is 7.11 Å². The lowest BCUT2D eigenvalue weighted by Crippen LogP contribution is -1.98. The van der Waals surface area contributed by atoms with Crippen molar-refractivity contribution in [3.05, 3.63) is 66.1 Å². The van der Waals surface area contributed by atoms with Gasteiger partial charge in [0.1, 0.15) is 10.8 Å². The molecule has 0 unspecified atom stereocenters. The maximum Gasteiger partial charge on any atom is 0.373 e. The Hall–Kier alpha value is -2.60. The Labute approximate surface area is 137 Å². The van der Waals surface area contributed by atoms with Crippen LogP contribution in [0.4, 0.5) is 0 Å². The molecule has 0 bridgehead atoms. The first-order chi connectivity index (χ1) is 11.3. The van der Waals surface area contributed by atoms with Gasteiger partial charge in [-0.05, 0) is 24.3 Å². The van der Waals surface area contributed by atoms with Gasteiger partial charge in [-0.25, -0.2) is 4.79 Å². The van der Waals surface area contributed by atoms with Gasteiger partial charge in [-0.2, -0.15) is 0 Å². The Bertz CT molecular complexity index is 785. The van der Waals surface area contributed by atoms with Crippen molar-refractivity contribution in [2.24, 2.45) is 0 Å². The number of carbonyl (C=O) groups is 1. The van der Waals surface area contributed by atoms with E-state index in [0.29, 0.717) is 11.5 Å². The molecule has 1 aromatic carbocycles. The van der Waals surface area contributed by atoms with E-state index < -0.39 is 5.97 Å². The molecule has 0 amide bonds. The molecule has 6 heteroatoms. The van der Waals surface area contributed by atoms with Crippen LogP contribution in [-0.2, 0) is 10.5 Å². The summed E-state index contributed by atoms with van der Waals surface area (Å²) in [7, 11) is 1.32. The SMILES string of the molecule is COC(=O)c1ccc(CSc2ccc(-c3ccccc3)nn2)o1. The Morgan fingerprint density at radius 1 is 1.09 bits per heavy atom. The molecule has 0 N–H and O–H groups in total. The summed E-state index contributed by atoms with van der Waals surface area (Å²) in [5.74, 6) is 0.974. The number of rotatable bonds is 5. The summed E-state index contributed by atoms with van der Waals surface area (Å²) in [6.45, 7) is 0. The van der Waals surface area contributed by atoms with E-state index in [4.69, 9.17) is 4.42 Å². The first-order valence-electron chi connectivity index (χ1n) is 6.95. The standard InChI is InChI=1S/C17H14N2O3S/c1-21-17(20)15-9-7-13(22-15)11-23-16-10-8-14(18-19-16)12-5-3-2-4-6-12/h2-10H,11H2,1H3. The van der Waals surface area contributed by atoms with Crippen LogP contribution in [0.1, 0.15) is 16.3 Å². The van der Waals surface area contributed by atoms with Gasteiger partial charge in [-0.3, -0.25) is 0 Å². The zero-order chi connectivity index (χ0) is 16.1. The van der Waals surface area contributed by atoms with Crippen LogP contribution in [0.25, 0.3) is 11.3 Å². The van der Waals surface area contributed by atoms with E-state index in [2.05, 4.69) is 14.9 Å². The van der Waals surface area contributed by atoms with Crippen molar-refractivity contribution in [2.45, 2.75) is 10.8 Å². The van der Waals surface area contributed by atoms with E-state index >= 15 is 0 Å². The largest absolute Gasteiger partial charge is 0.463 e. The highest BCUT2D eigenvalue weighted by Crippen LogP contribution is 2.23. The Morgan fingerprint density at radius 2 is 1.91 bits per heavy atom. The highest BCUT2D eigenvalue weighted by Gasteiger charge is 2.11. The number of benzene rings is 1. The summed E-state index contributed by atoms with van der Waals surface area (Å²) in [5, 5.41) is 9.23. The summed E-state index contributed by atoms with van der Waals surface area (Å²) in [6.07, 6.45) is 0. The first-order valence-corrected chi connectivity index (χ1v) is 7.94. The quantitative estimate of drug-likeness (QED) is 0.524. The number of hydrogen-bond donors (Lipinski definition) is 0. The second-order valence-corrected chi connectivity index (χ2v) is 5.66. The second-order valence-electron chi connectivity index (χ2n) is 4.67. The molecular formula is C17H14N2O3S. The minimum Gasteiger partial charge on any atom is -0.463 e. The number of methoxy groups -OCH3 is 1. The fourth-order valence-electron chi connectivity index (χ4n) is 1.97. The molecule has 2 aromatic heterocycles. The van der Waals surface area contributed by atoms with Gasteiger partial charge in [-0.15, -0.1) is 10.2 Å². The smallest absolute Gasteiger partial charge is 0.373 e. The maximum absolute atomic E-state index is 11.3. The number of carbonyl (C=O) groups excluding carboxylic acids is 1. The number of aromatic nitrogens is 2. The lowest BCUT2D eigenvalue weighted by atomic mass is 10.1. The Balaban J connectivity index is 1.63. The van der Waals surface area contributed by atoms with E-state index in [-0.39, 0.29) is 5.76 Å². The van der Waals surface area contributed by atoms with Crippen LogP contribution in [0.15, 0.2) is 64.0 Å². The molecule has 0 saturated heterocycles. The molecule has 0 radical (unpaired) electrons. The third kappa shape index (κ3) is 3.78. The van der Waals surface area contributed by atoms with Crippen molar-refractivity contribution < 1.29 is 13.9 Å². The topological polar surface area (TPSA) is 65.2 Å². The summed E-state index contributed by atoms with van der Waals surface area (Å²) in [6, 6.07) is 17.1. The van der Waals surface area contributed by atoms with Gasteiger partial charge in [0.05, 0.1) is 18.6 Å². The maximum atomic E-state index is 11.3. The van der Waals surface area contributed by atoms with Crippen molar-refractivity contribution in [1.82, 2.24) is 10.2 Å². The Kier molecular flexibility index (Phi) is 4.73. The van der Waals surface area contributed by atoms with Crippen LogP contribution in [-0.4, -0.2) is 23.3 Å². The molecule has 0 aliphatic rings. The first kappa shape index (κ1) is 15.3. The third-order valence-corrected chi connectivity index (χ3v) is 4.06. The molecular weight excluding hydrogens is 312 g/mol. The number of nitrogens with zero attached hydrogens (tertiary/aromatic N) is 2. The highest BCUT2D eigenvalue weighted by molar-refractivity contribution is 7.98. The Morgan fingerprint density at radius 3 is 2.61 bits per heavy atom. The highest BCUT2D eigenvalue weighted by atomic mass is 32.2. The third-order valence-electron chi connectivity index (χ3n) is 3.12. The molecule has 0 saturated carbocycles. The van der Waals surface area contributed by atoms with Gasteiger partial charge in [0.2, 0.25) is 5.76 Å². The van der Waals surface area contributed by atoms with E-state index in [9.17, 15) is 4.79 Å². The number of hydrogen-bond acceptors (Lipinski definition) is 6. The zero-order valence-electron chi connectivity index (χ0n) is 12.4. The molecule has 0 fully saturated rings. The molecule has 0 aliphatic heterocycles. The molecule has 116 valence electrons.